The first kappa shape index (κ1) is 44.7. The Morgan fingerprint density at radius 2 is 1.77 bits per heavy atom. The normalized spacial score (nSPS) is 23.0. The van der Waals surface area contributed by atoms with Crippen LogP contribution in [0.3, 0.4) is 0 Å². The number of aromatic nitrogens is 2. The molecule has 4 aliphatic rings. The highest BCUT2D eigenvalue weighted by Crippen LogP contribution is 2.41. The lowest BCUT2D eigenvalue weighted by atomic mass is 9.89. The number of hydrogen-bond acceptors (Lipinski definition) is 10. The Bertz CT molecular complexity index is 2320. The topological polar surface area (TPSA) is 159 Å². The smallest absolute Gasteiger partial charge is 0.377 e. The molecule has 2 N–H and O–H groups in total. The summed E-state index contributed by atoms with van der Waals surface area (Å²) in [5, 5.41) is 19.2. The number of hydrogen-bond donors (Lipinski definition) is 2. The van der Waals surface area contributed by atoms with Gasteiger partial charge in [0.05, 0.1) is 53.3 Å². The zero-order valence-electron chi connectivity index (χ0n) is 34.0. The van der Waals surface area contributed by atoms with E-state index in [9.17, 15) is 50.8 Å². The van der Waals surface area contributed by atoms with Gasteiger partial charge in [-0.3, -0.25) is 44.0 Å². The molecule has 2 aromatic carbocycles. The molecule has 0 spiro atoms. The number of rotatable bonds is 10. The molecule has 4 fully saturated rings. The highest BCUT2D eigenvalue weighted by atomic mass is 32.1. The number of para-hydroxylation sites is 1. The number of nitriles is 1. The number of ether oxygens (including phenoxy) is 1. The standard InChI is InChI=1S/C40H44F6N10O5S/c1-38(2)35(59)55(25-8-7-23(20-47)28(19-25)39(41,42)43)37(62)56(38)24-9-11-26(12-10-24)61-18-17-52-15-16-53(30(21-52)40(44,45)46)22-32(58)48-29-6-4-5-27-33(29)51(3)50-34(27)54-14-13-31(57)49-36(54)60/h4-8,19,24,26,30H,9-18,21-22H2,1-3H3,(H,48,58)(H,49,57,60)/t24?,26?,30-/m0/s1. The van der Waals surface area contributed by atoms with Crippen LogP contribution in [-0.2, 0) is 32.3 Å². The van der Waals surface area contributed by atoms with Crippen LogP contribution in [0.5, 0.6) is 0 Å². The van der Waals surface area contributed by atoms with Crippen LogP contribution in [0, 0.1) is 11.3 Å². The lowest BCUT2D eigenvalue weighted by Crippen LogP contribution is -2.60. The molecule has 4 heterocycles. The Labute approximate surface area is 357 Å². The van der Waals surface area contributed by atoms with Crippen molar-refractivity contribution in [2.24, 2.45) is 7.05 Å². The van der Waals surface area contributed by atoms with E-state index in [1.807, 2.05) is 0 Å². The fourth-order valence-electron chi connectivity index (χ4n) is 8.81. The third-order valence-corrected chi connectivity index (χ3v) is 12.3. The number of imide groups is 1. The van der Waals surface area contributed by atoms with Gasteiger partial charge in [0, 0.05) is 57.6 Å². The zero-order valence-corrected chi connectivity index (χ0v) is 34.8. The average molecular weight is 891 g/mol. The predicted octanol–water partition coefficient (Wildman–Crippen LogP) is 5.14. The van der Waals surface area contributed by atoms with E-state index in [4.69, 9.17) is 17.0 Å². The number of amides is 5. The van der Waals surface area contributed by atoms with Crippen molar-refractivity contribution in [3.8, 4) is 6.07 Å². The maximum absolute atomic E-state index is 14.4. The van der Waals surface area contributed by atoms with Crippen molar-refractivity contribution < 1.29 is 50.3 Å². The van der Waals surface area contributed by atoms with Crippen molar-refractivity contribution >= 4 is 69.2 Å². The number of nitrogens with zero attached hydrogens (tertiary/aromatic N) is 8. The number of aryl methyl sites for hydroxylation is 1. The summed E-state index contributed by atoms with van der Waals surface area (Å²) in [5.41, 5.74) is -2.26. The summed E-state index contributed by atoms with van der Waals surface area (Å²) in [5.74, 6) is -1.30. The van der Waals surface area contributed by atoms with Crippen molar-refractivity contribution in [3.63, 3.8) is 0 Å². The van der Waals surface area contributed by atoms with Crippen LogP contribution in [0.2, 0.25) is 0 Å². The van der Waals surface area contributed by atoms with Gasteiger partial charge in [0.25, 0.3) is 5.91 Å². The lowest BCUT2D eigenvalue weighted by molar-refractivity contribution is -0.197. The molecule has 22 heteroatoms. The van der Waals surface area contributed by atoms with Crippen LogP contribution in [-0.4, -0.2) is 129 Å². The number of benzene rings is 2. The number of anilines is 3. The molecule has 1 aliphatic carbocycles. The van der Waals surface area contributed by atoms with Crippen molar-refractivity contribution in [1.29, 1.82) is 5.26 Å². The second-order valence-corrected chi connectivity index (χ2v) is 16.6. The number of carbonyl (C=O) groups excluding carboxylic acids is 4. The van der Waals surface area contributed by atoms with E-state index in [0.717, 1.165) is 21.9 Å². The van der Waals surface area contributed by atoms with E-state index in [-0.39, 0.29) is 74.5 Å². The molecule has 5 amide bonds. The summed E-state index contributed by atoms with van der Waals surface area (Å²) >= 11 is 5.68. The molecule has 332 valence electrons. The Hall–Kier alpha value is -5.37. The summed E-state index contributed by atoms with van der Waals surface area (Å²) < 4.78 is 92.1. The number of thiocarbonyl (C=S) groups is 1. The first-order valence-electron chi connectivity index (χ1n) is 20.0. The van der Waals surface area contributed by atoms with Crippen LogP contribution in [0.1, 0.15) is 57.1 Å². The van der Waals surface area contributed by atoms with Gasteiger partial charge in [-0.2, -0.15) is 36.7 Å². The Morgan fingerprint density at radius 1 is 1.05 bits per heavy atom. The predicted molar refractivity (Wildman–Crippen MR) is 217 cm³/mol. The molecule has 62 heavy (non-hydrogen) atoms. The molecule has 1 aromatic heterocycles. The van der Waals surface area contributed by atoms with Crippen LogP contribution in [0.4, 0.5) is 48.3 Å². The van der Waals surface area contributed by atoms with E-state index in [2.05, 4.69) is 15.7 Å². The van der Waals surface area contributed by atoms with Gasteiger partial charge in [0.15, 0.2) is 10.9 Å². The van der Waals surface area contributed by atoms with Gasteiger partial charge in [-0.05, 0) is 82.1 Å². The second kappa shape index (κ2) is 17.1. The fourth-order valence-corrected chi connectivity index (χ4v) is 9.38. The van der Waals surface area contributed by atoms with Crippen molar-refractivity contribution in [1.82, 2.24) is 29.8 Å². The third kappa shape index (κ3) is 8.80. The number of piperazine rings is 1. The molecule has 0 radical (unpaired) electrons. The molecular weight excluding hydrogens is 847 g/mol. The van der Waals surface area contributed by atoms with E-state index >= 15 is 0 Å². The molecule has 1 atom stereocenters. The molecule has 0 unspecified atom stereocenters. The monoisotopic (exact) mass is 890 g/mol. The summed E-state index contributed by atoms with van der Waals surface area (Å²) in [6, 6.07) is 6.70. The highest BCUT2D eigenvalue weighted by molar-refractivity contribution is 7.80. The quantitative estimate of drug-likeness (QED) is 0.205. The number of carbonyl (C=O) groups is 4. The van der Waals surface area contributed by atoms with Crippen molar-refractivity contribution in [3.05, 3.63) is 47.5 Å². The second-order valence-electron chi connectivity index (χ2n) is 16.3. The van der Waals surface area contributed by atoms with E-state index in [0.29, 0.717) is 42.3 Å². The number of fused-ring (bicyclic) bond motifs is 1. The molecule has 0 bridgehead atoms. The molecule has 1 saturated carbocycles. The molecule has 3 aromatic rings. The van der Waals surface area contributed by atoms with Crippen LogP contribution < -0.4 is 20.4 Å². The first-order valence-corrected chi connectivity index (χ1v) is 20.4. The van der Waals surface area contributed by atoms with Crippen LogP contribution >= 0.6 is 12.2 Å². The van der Waals surface area contributed by atoms with Crippen molar-refractivity contribution in [2.45, 2.75) is 82.0 Å². The zero-order chi connectivity index (χ0) is 44.9. The Morgan fingerprint density at radius 3 is 2.44 bits per heavy atom. The maximum atomic E-state index is 14.4. The molecular formula is C40H44F6N10O5S. The van der Waals surface area contributed by atoms with Crippen LogP contribution in [0.25, 0.3) is 10.9 Å². The van der Waals surface area contributed by atoms with Crippen LogP contribution in [0.15, 0.2) is 36.4 Å². The number of urea groups is 1. The number of halogens is 6. The van der Waals surface area contributed by atoms with Gasteiger partial charge in [0.2, 0.25) is 11.8 Å². The van der Waals surface area contributed by atoms with Gasteiger partial charge >= 0.3 is 18.4 Å². The van der Waals surface area contributed by atoms with E-state index in [1.54, 1.807) is 48.9 Å². The molecule has 15 nitrogen and oxygen atoms in total. The summed E-state index contributed by atoms with van der Waals surface area (Å²) in [6.45, 7) is 3.12. The highest BCUT2D eigenvalue weighted by Gasteiger charge is 2.53. The van der Waals surface area contributed by atoms with Gasteiger partial charge in [-0.15, -0.1) is 0 Å². The summed E-state index contributed by atoms with van der Waals surface area (Å²) in [7, 11) is 1.60. The van der Waals surface area contributed by atoms with Crippen molar-refractivity contribution in [2.75, 3.05) is 61.0 Å². The Balaban J connectivity index is 0.910. The molecule has 3 aliphatic heterocycles. The summed E-state index contributed by atoms with van der Waals surface area (Å²) in [4.78, 5) is 58.0. The first-order chi connectivity index (χ1) is 29.2. The average Bonchev–Trinajstić information content (AvgIpc) is 3.63. The van der Waals surface area contributed by atoms with Gasteiger partial charge < -0.3 is 15.0 Å². The minimum atomic E-state index is -4.82. The molecule has 7 rings (SSSR count). The van der Waals surface area contributed by atoms with Gasteiger partial charge in [-0.25, -0.2) is 4.79 Å². The minimum absolute atomic E-state index is 0.0349. The Kier molecular flexibility index (Phi) is 12.3. The number of nitrogens with one attached hydrogen (secondary N) is 2. The third-order valence-electron chi connectivity index (χ3n) is 11.9. The lowest BCUT2D eigenvalue weighted by Gasteiger charge is -2.42. The minimum Gasteiger partial charge on any atom is -0.377 e. The van der Waals surface area contributed by atoms with E-state index in [1.165, 1.54) is 21.7 Å². The van der Waals surface area contributed by atoms with Gasteiger partial charge in [0.1, 0.15) is 11.6 Å². The van der Waals surface area contributed by atoms with Gasteiger partial charge in [-0.1, -0.05) is 6.07 Å². The summed E-state index contributed by atoms with van der Waals surface area (Å²) in [6.07, 6.45) is -7.39. The molecule has 3 saturated heterocycles. The fraction of sp³-hybridized carbons (Fsp3) is 0.525. The number of alkyl halides is 6. The van der Waals surface area contributed by atoms with E-state index < -0.39 is 65.4 Å². The maximum Gasteiger partial charge on any atom is 0.417 e. The largest absolute Gasteiger partial charge is 0.417 e. The SMILES string of the molecule is Cn1nc(N2CCC(=O)NC2=O)c2cccc(NC(=O)CN3CCN(CCOC4CCC(N5C(=S)N(c6ccc(C#N)c(C(F)(F)F)c6)C(=O)C5(C)C)CC4)C[C@H]3C(F)(F)F)c21.